The predicted octanol–water partition coefficient (Wildman–Crippen LogP) is 3.87. The highest BCUT2D eigenvalue weighted by Crippen LogP contribution is 2.35. The second-order valence-electron chi connectivity index (χ2n) is 4.88. The fourth-order valence-corrected chi connectivity index (χ4v) is 2.67. The molecule has 0 spiro atoms. The topological polar surface area (TPSA) is 50.1 Å². The number of carbonyl (C=O) groups excluding carboxylic acids is 1. The Hall–Kier alpha value is -1.34. The number of rotatable bonds is 4. The molecule has 1 aromatic carbocycles. The van der Waals surface area contributed by atoms with Crippen LogP contribution in [0.3, 0.4) is 0 Å². The first-order valence-electron chi connectivity index (χ1n) is 6.49. The quantitative estimate of drug-likeness (QED) is 0.845. The van der Waals surface area contributed by atoms with Gasteiger partial charge in [-0.15, -0.1) is 0 Å². The van der Waals surface area contributed by atoms with Crippen LogP contribution in [-0.4, -0.2) is 12.4 Å². The Morgan fingerprint density at radius 3 is 2.68 bits per heavy atom. The number of ether oxygens (including phenoxy) is 1. The molecule has 0 saturated heterocycles. The summed E-state index contributed by atoms with van der Waals surface area (Å²) in [7, 11) is 0. The van der Waals surface area contributed by atoms with Crippen LogP contribution in [0.2, 0.25) is 0 Å². The maximum absolute atomic E-state index is 12.0. The van der Waals surface area contributed by atoms with Gasteiger partial charge < -0.3 is 4.74 Å². The van der Waals surface area contributed by atoms with Crippen molar-refractivity contribution in [3.05, 3.63) is 28.7 Å². The summed E-state index contributed by atoms with van der Waals surface area (Å²) in [4.78, 5) is 12.0. The van der Waals surface area contributed by atoms with Gasteiger partial charge in [0.05, 0.1) is 12.7 Å². The summed E-state index contributed by atoms with van der Waals surface area (Å²) in [6.45, 7) is 0.404. The first kappa shape index (κ1) is 14.1. The van der Waals surface area contributed by atoms with Gasteiger partial charge in [0.2, 0.25) is 0 Å². The van der Waals surface area contributed by atoms with E-state index in [1.807, 2.05) is 24.3 Å². The van der Waals surface area contributed by atoms with Gasteiger partial charge in [-0.2, -0.15) is 5.26 Å². The van der Waals surface area contributed by atoms with E-state index in [2.05, 4.69) is 22.0 Å². The smallest absolute Gasteiger partial charge is 0.153 e. The molecular formula is C15H16BrNO2. The third-order valence-corrected chi connectivity index (χ3v) is 4.15. The monoisotopic (exact) mass is 321 g/mol. The van der Waals surface area contributed by atoms with E-state index in [4.69, 9.17) is 4.74 Å². The van der Waals surface area contributed by atoms with Crippen LogP contribution in [0.25, 0.3) is 0 Å². The summed E-state index contributed by atoms with van der Waals surface area (Å²) in [6.07, 6.45) is 3.56. The van der Waals surface area contributed by atoms with Gasteiger partial charge in [0, 0.05) is 17.3 Å². The summed E-state index contributed by atoms with van der Waals surface area (Å²) in [5, 5.41) is 9.31. The summed E-state index contributed by atoms with van der Waals surface area (Å²) < 4.78 is 6.61. The number of halogens is 1. The Morgan fingerprint density at radius 1 is 1.32 bits per heavy atom. The minimum atomic E-state index is -0.812. The second kappa shape index (κ2) is 6.21. The number of carbonyl (C=O) groups is 1. The largest absolute Gasteiger partial charge is 0.494 e. The zero-order valence-electron chi connectivity index (χ0n) is 10.7. The van der Waals surface area contributed by atoms with Crippen LogP contribution < -0.4 is 4.74 Å². The zero-order valence-corrected chi connectivity index (χ0v) is 12.3. The van der Waals surface area contributed by atoms with Crippen LogP contribution >= 0.6 is 15.9 Å². The summed E-state index contributed by atoms with van der Waals surface area (Å²) in [5.41, 5.74) is -0.812. The highest BCUT2D eigenvalue weighted by Gasteiger charge is 2.39. The lowest BCUT2D eigenvalue weighted by atomic mass is 9.72. The summed E-state index contributed by atoms with van der Waals surface area (Å²) in [5.74, 6) is 0.847. The first-order valence-corrected chi connectivity index (χ1v) is 7.28. The molecular weight excluding hydrogens is 306 g/mol. The number of hydrogen-bond donors (Lipinski definition) is 0. The van der Waals surface area contributed by atoms with Crippen molar-refractivity contribution in [3.8, 4) is 11.8 Å². The van der Waals surface area contributed by atoms with E-state index >= 15 is 0 Å². The molecule has 2 rings (SSSR count). The third-order valence-electron chi connectivity index (χ3n) is 3.62. The standard InChI is InChI=1S/C15H16BrNO2/c16-12-4-6-13(7-5-12)19-10-9-15(11-17)8-2-1-3-14(15)18/h4-7H,1-3,8-10H2. The average molecular weight is 322 g/mol. The van der Waals surface area contributed by atoms with Crippen molar-refractivity contribution in [2.45, 2.75) is 32.1 Å². The predicted molar refractivity (Wildman–Crippen MR) is 75.8 cm³/mol. The van der Waals surface area contributed by atoms with Crippen molar-refractivity contribution in [3.63, 3.8) is 0 Å². The fraction of sp³-hybridized carbons (Fsp3) is 0.467. The summed E-state index contributed by atoms with van der Waals surface area (Å²) in [6, 6.07) is 9.77. The molecule has 1 saturated carbocycles. The average Bonchev–Trinajstić information content (AvgIpc) is 2.43. The molecule has 4 heteroatoms. The van der Waals surface area contributed by atoms with Crippen LogP contribution in [0.1, 0.15) is 32.1 Å². The first-order chi connectivity index (χ1) is 9.16. The molecule has 1 unspecified atom stereocenters. The second-order valence-corrected chi connectivity index (χ2v) is 5.79. The molecule has 0 heterocycles. The normalized spacial score (nSPS) is 22.8. The highest BCUT2D eigenvalue weighted by molar-refractivity contribution is 9.10. The third kappa shape index (κ3) is 3.36. The van der Waals surface area contributed by atoms with E-state index < -0.39 is 5.41 Å². The van der Waals surface area contributed by atoms with E-state index in [1.165, 1.54) is 0 Å². The number of nitriles is 1. The molecule has 0 bridgehead atoms. The van der Waals surface area contributed by atoms with Crippen molar-refractivity contribution < 1.29 is 9.53 Å². The molecule has 0 aromatic heterocycles. The van der Waals surface area contributed by atoms with E-state index in [1.54, 1.807) is 0 Å². The molecule has 0 aliphatic heterocycles. The molecule has 100 valence electrons. The van der Waals surface area contributed by atoms with E-state index in [9.17, 15) is 10.1 Å². The maximum Gasteiger partial charge on any atom is 0.153 e. The Labute approximate surface area is 121 Å². The minimum Gasteiger partial charge on any atom is -0.494 e. The molecule has 1 fully saturated rings. The molecule has 1 atom stereocenters. The van der Waals surface area contributed by atoms with Crippen LogP contribution in [0.15, 0.2) is 28.7 Å². The molecule has 1 aromatic rings. The minimum absolute atomic E-state index is 0.0839. The van der Waals surface area contributed by atoms with Gasteiger partial charge in [0.25, 0.3) is 0 Å². The van der Waals surface area contributed by atoms with Gasteiger partial charge in [-0.1, -0.05) is 22.4 Å². The van der Waals surface area contributed by atoms with Gasteiger partial charge in [0.1, 0.15) is 11.2 Å². The van der Waals surface area contributed by atoms with E-state index in [0.717, 1.165) is 23.1 Å². The van der Waals surface area contributed by atoms with Gasteiger partial charge in [-0.3, -0.25) is 4.79 Å². The number of ketones is 1. The maximum atomic E-state index is 12.0. The van der Waals surface area contributed by atoms with Crippen molar-refractivity contribution in [1.82, 2.24) is 0 Å². The molecule has 1 aliphatic rings. The molecule has 1 aliphatic carbocycles. The molecule has 3 nitrogen and oxygen atoms in total. The molecule has 19 heavy (non-hydrogen) atoms. The fourth-order valence-electron chi connectivity index (χ4n) is 2.40. The number of benzene rings is 1. The lowest BCUT2D eigenvalue weighted by Gasteiger charge is -2.28. The lowest BCUT2D eigenvalue weighted by Crippen LogP contribution is -2.34. The van der Waals surface area contributed by atoms with Crippen molar-refractivity contribution in [2.75, 3.05) is 6.61 Å². The van der Waals surface area contributed by atoms with Crippen molar-refractivity contribution in [2.24, 2.45) is 5.41 Å². The van der Waals surface area contributed by atoms with Crippen molar-refractivity contribution >= 4 is 21.7 Å². The lowest BCUT2D eigenvalue weighted by molar-refractivity contribution is -0.128. The van der Waals surface area contributed by atoms with E-state index in [-0.39, 0.29) is 5.78 Å². The molecule has 0 amide bonds. The molecule has 0 radical (unpaired) electrons. The van der Waals surface area contributed by atoms with Gasteiger partial charge >= 0.3 is 0 Å². The number of nitrogens with zero attached hydrogens (tertiary/aromatic N) is 1. The van der Waals surface area contributed by atoms with Crippen molar-refractivity contribution in [1.29, 1.82) is 5.26 Å². The van der Waals surface area contributed by atoms with Crippen LogP contribution in [-0.2, 0) is 4.79 Å². The van der Waals surface area contributed by atoms with Crippen LogP contribution in [0, 0.1) is 16.7 Å². The SMILES string of the molecule is N#CC1(CCOc2ccc(Br)cc2)CCCCC1=O. The van der Waals surface area contributed by atoms with Crippen LogP contribution in [0.4, 0.5) is 0 Å². The Kier molecular flexibility index (Phi) is 4.60. The van der Waals surface area contributed by atoms with Gasteiger partial charge in [-0.05, 0) is 37.1 Å². The highest BCUT2D eigenvalue weighted by atomic mass is 79.9. The Morgan fingerprint density at radius 2 is 2.05 bits per heavy atom. The van der Waals surface area contributed by atoms with Gasteiger partial charge in [-0.25, -0.2) is 0 Å². The Balaban J connectivity index is 1.92. The molecule has 0 N–H and O–H groups in total. The number of Topliss-reactive ketones (excluding diaryl/α,β-unsaturated/α-hetero) is 1. The number of hydrogen-bond acceptors (Lipinski definition) is 3. The van der Waals surface area contributed by atoms with Gasteiger partial charge in [0.15, 0.2) is 5.78 Å². The zero-order chi connectivity index (χ0) is 13.7. The van der Waals surface area contributed by atoms with Crippen LogP contribution in [0.5, 0.6) is 5.75 Å². The summed E-state index contributed by atoms with van der Waals surface area (Å²) >= 11 is 3.36. The Bertz CT molecular complexity index is 492. The van der Waals surface area contributed by atoms with E-state index in [0.29, 0.717) is 25.9 Å².